The first-order valence-electron chi connectivity index (χ1n) is 6.67. The Morgan fingerprint density at radius 3 is 2.95 bits per heavy atom. The molecule has 6 heteroatoms. The third-order valence-corrected chi connectivity index (χ3v) is 3.03. The van der Waals surface area contributed by atoms with Gasteiger partial charge in [-0.05, 0) is 37.1 Å². The van der Waals surface area contributed by atoms with Crippen LogP contribution in [0, 0.1) is 6.92 Å². The zero-order chi connectivity index (χ0) is 15.2. The summed E-state index contributed by atoms with van der Waals surface area (Å²) in [6.07, 6.45) is 5.00. The molecule has 0 unspecified atom stereocenters. The largest absolute Gasteiger partial charge is 0.462 e. The molecule has 0 aliphatic heterocycles. The van der Waals surface area contributed by atoms with E-state index in [1.54, 1.807) is 25.4 Å². The molecule has 2 aromatic heterocycles. The van der Waals surface area contributed by atoms with Crippen LogP contribution in [-0.2, 0) is 11.3 Å². The van der Waals surface area contributed by atoms with Crippen LogP contribution in [0.2, 0.25) is 0 Å². The van der Waals surface area contributed by atoms with Gasteiger partial charge in [-0.15, -0.1) is 0 Å². The molecule has 0 saturated heterocycles. The minimum absolute atomic E-state index is 0.305. The van der Waals surface area contributed by atoms with E-state index in [4.69, 9.17) is 10.5 Å². The van der Waals surface area contributed by atoms with Crippen molar-refractivity contribution < 1.29 is 9.53 Å². The van der Waals surface area contributed by atoms with Crippen LogP contribution in [0.3, 0.4) is 0 Å². The third kappa shape index (κ3) is 3.68. The SMILES string of the molecule is CCOC(=O)c1cc(NCc2ccncc2C)ncc1N. The number of anilines is 2. The zero-order valence-corrected chi connectivity index (χ0v) is 12.1. The van der Waals surface area contributed by atoms with Crippen LogP contribution in [-0.4, -0.2) is 22.5 Å². The van der Waals surface area contributed by atoms with E-state index in [2.05, 4.69) is 15.3 Å². The summed E-state index contributed by atoms with van der Waals surface area (Å²) in [4.78, 5) is 20.0. The summed E-state index contributed by atoms with van der Waals surface area (Å²) >= 11 is 0. The molecule has 0 aliphatic rings. The number of hydrogen-bond acceptors (Lipinski definition) is 6. The number of aromatic nitrogens is 2. The number of carbonyl (C=O) groups is 1. The number of rotatable bonds is 5. The zero-order valence-electron chi connectivity index (χ0n) is 12.1. The van der Waals surface area contributed by atoms with Gasteiger partial charge in [0.2, 0.25) is 0 Å². The maximum absolute atomic E-state index is 11.8. The monoisotopic (exact) mass is 286 g/mol. The molecule has 21 heavy (non-hydrogen) atoms. The lowest BCUT2D eigenvalue weighted by molar-refractivity contribution is 0.0527. The fourth-order valence-electron chi connectivity index (χ4n) is 1.83. The standard InChI is InChI=1S/C15H18N4O2/c1-3-21-15(20)12-6-14(19-9-13(12)16)18-8-11-4-5-17-7-10(11)2/h4-7,9H,3,8,16H2,1-2H3,(H,18,19). The molecule has 0 atom stereocenters. The maximum Gasteiger partial charge on any atom is 0.340 e. The minimum Gasteiger partial charge on any atom is -0.462 e. The third-order valence-electron chi connectivity index (χ3n) is 3.03. The highest BCUT2D eigenvalue weighted by molar-refractivity contribution is 5.95. The number of carbonyl (C=O) groups excluding carboxylic acids is 1. The molecule has 0 aromatic carbocycles. The summed E-state index contributed by atoms with van der Waals surface area (Å²) in [5, 5.41) is 3.16. The summed E-state index contributed by atoms with van der Waals surface area (Å²) in [7, 11) is 0. The topological polar surface area (TPSA) is 90.1 Å². The Morgan fingerprint density at radius 2 is 2.24 bits per heavy atom. The highest BCUT2D eigenvalue weighted by atomic mass is 16.5. The molecule has 6 nitrogen and oxygen atoms in total. The van der Waals surface area contributed by atoms with Crippen LogP contribution in [0.4, 0.5) is 11.5 Å². The Morgan fingerprint density at radius 1 is 1.43 bits per heavy atom. The molecular weight excluding hydrogens is 268 g/mol. The molecule has 2 aromatic rings. The van der Waals surface area contributed by atoms with Crippen molar-refractivity contribution in [2.75, 3.05) is 17.7 Å². The van der Waals surface area contributed by atoms with E-state index in [-0.39, 0.29) is 0 Å². The van der Waals surface area contributed by atoms with Crippen LogP contribution in [0.25, 0.3) is 0 Å². The molecule has 0 fully saturated rings. The van der Waals surface area contributed by atoms with Gasteiger partial charge in [-0.2, -0.15) is 0 Å². The van der Waals surface area contributed by atoms with Gasteiger partial charge in [0.15, 0.2) is 0 Å². The molecule has 0 radical (unpaired) electrons. The molecular formula is C15H18N4O2. The Hall–Kier alpha value is -2.63. The number of hydrogen-bond donors (Lipinski definition) is 2. The lowest BCUT2D eigenvalue weighted by Gasteiger charge is -2.10. The lowest BCUT2D eigenvalue weighted by atomic mass is 10.1. The smallest absolute Gasteiger partial charge is 0.340 e. The van der Waals surface area contributed by atoms with Gasteiger partial charge in [0.25, 0.3) is 0 Å². The first kappa shape index (κ1) is 14.8. The maximum atomic E-state index is 11.8. The highest BCUT2D eigenvalue weighted by Gasteiger charge is 2.12. The van der Waals surface area contributed by atoms with Crippen molar-refractivity contribution in [1.29, 1.82) is 0 Å². The van der Waals surface area contributed by atoms with Crippen molar-refractivity contribution >= 4 is 17.5 Å². The molecule has 0 amide bonds. The summed E-state index contributed by atoms with van der Waals surface area (Å²) in [5.74, 6) is 0.129. The molecule has 2 heterocycles. The van der Waals surface area contributed by atoms with Crippen molar-refractivity contribution in [1.82, 2.24) is 9.97 Å². The average molecular weight is 286 g/mol. The number of ether oxygens (including phenoxy) is 1. The number of pyridine rings is 2. The molecule has 2 rings (SSSR count). The van der Waals surface area contributed by atoms with E-state index < -0.39 is 5.97 Å². The van der Waals surface area contributed by atoms with Crippen LogP contribution >= 0.6 is 0 Å². The summed E-state index contributed by atoms with van der Waals surface area (Å²) < 4.78 is 4.96. The first-order valence-corrected chi connectivity index (χ1v) is 6.67. The predicted molar refractivity (Wildman–Crippen MR) is 80.9 cm³/mol. The first-order chi connectivity index (χ1) is 10.1. The summed E-state index contributed by atoms with van der Waals surface area (Å²) in [5.41, 5.74) is 8.58. The minimum atomic E-state index is -0.444. The highest BCUT2D eigenvalue weighted by Crippen LogP contribution is 2.17. The number of nitrogens with two attached hydrogens (primary N) is 1. The van der Waals surface area contributed by atoms with Gasteiger partial charge >= 0.3 is 5.97 Å². The fourth-order valence-corrected chi connectivity index (χ4v) is 1.83. The van der Waals surface area contributed by atoms with Gasteiger partial charge in [-0.25, -0.2) is 9.78 Å². The van der Waals surface area contributed by atoms with Crippen LogP contribution in [0.15, 0.2) is 30.7 Å². The van der Waals surface area contributed by atoms with E-state index in [1.807, 2.05) is 13.0 Å². The van der Waals surface area contributed by atoms with E-state index in [1.165, 1.54) is 6.20 Å². The van der Waals surface area contributed by atoms with Gasteiger partial charge in [-0.3, -0.25) is 4.98 Å². The van der Waals surface area contributed by atoms with Gasteiger partial charge in [0.05, 0.1) is 24.1 Å². The van der Waals surface area contributed by atoms with Crippen molar-refractivity contribution in [2.24, 2.45) is 0 Å². The number of nitrogens with one attached hydrogen (secondary N) is 1. The Labute approximate surface area is 123 Å². The second kappa shape index (κ2) is 6.69. The number of nitrogen functional groups attached to an aromatic ring is 1. The normalized spacial score (nSPS) is 10.2. The molecule has 110 valence electrons. The second-order valence-electron chi connectivity index (χ2n) is 4.53. The number of aryl methyl sites for hydroxylation is 1. The van der Waals surface area contributed by atoms with Crippen molar-refractivity contribution in [2.45, 2.75) is 20.4 Å². The predicted octanol–water partition coefficient (Wildman–Crippen LogP) is 2.16. The van der Waals surface area contributed by atoms with Gasteiger partial charge < -0.3 is 15.8 Å². The molecule has 0 saturated carbocycles. The lowest BCUT2D eigenvalue weighted by Crippen LogP contribution is -2.10. The van der Waals surface area contributed by atoms with Crippen molar-refractivity contribution in [3.05, 3.63) is 47.4 Å². The van der Waals surface area contributed by atoms with Crippen molar-refractivity contribution in [3.63, 3.8) is 0 Å². The van der Waals surface area contributed by atoms with E-state index >= 15 is 0 Å². The number of esters is 1. The van der Waals surface area contributed by atoms with Gasteiger partial charge in [0.1, 0.15) is 5.82 Å². The average Bonchev–Trinajstić information content (AvgIpc) is 2.48. The molecule has 0 bridgehead atoms. The Balaban J connectivity index is 2.12. The van der Waals surface area contributed by atoms with E-state index in [9.17, 15) is 4.79 Å². The van der Waals surface area contributed by atoms with Crippen molar-refractivity contribution in [3.8, 4) is 0 Å². The molecule has 3 N–H and O–H groups in total. The van der Waals surface area contributed by atoms with Gasteiger partial charge in [-0.1, -0.05) is 0 Å². The summed E-state index contributed by atoms with van der Waals surface area (Å²) in [6, 6.07) is 3.54. The second-order valence-corrected chi connectivity index (χ2v) is 4.53. The van der Waals surface area contributed by atoms with Crippen LogP contribution < -0.4 is 11.1 Å². The van der Waals surface area contributed by atoms with Crippen LogP contribution in [0.1, 0.15) is 28.4 Å². The number of nitrogens with zero attached hydrogens (tertiary/aromatic N) is 2. The molecule has 0 aliphatic carbocycles. The van der Waals surface area contributed by atoms with Crippen LogP contribution in [0.5, 0.6) is 0 Å². The van der Waals surface area contributed by atoms with E-state index in [0.29, 0.717) is 30.2 Å². The Kier molecular flexibility index (Phi) is 4.71. The van der Waals surface area contributed by atoms with Gasteiger partial charge in [0, 0.05) is 18.9 Å². The molecule has 0 spiro atoms. The summed E-state index contributed by atoms with van der Waals surface area (Å²) in [6.45, 7) is 4.64. The Bertz CT molecular complexity index is 643. The fraction of sp³-hybridized carbons (Fsp3) is 0.267. The quantitative estimate of drug-likeness (QED) is 0.819. The van der Waals surface area contributed by atoms with E-state index in [0.717, 1.165) is 11.1 Å².